The van der Waals surface area contributed by atoms with E-state index in [0.717, 1.165) is 6.07 Å². The van der Waals surface area contributed by atoms with Gasteiger partial charge in [-0.05, 0) is 22.0 Å². The van der Waals surface area contributed by atoms with E-state index in [2.05, 4.69) is 25.9 Å². The predicted octanol–water partition coefficient (Wildman–Crippen LogP) is 1.71. The van der Waals surface area contributed by atoms with Crippen molar-refractivity contribution in [2.45, 2.75) is 0 Å². The highest BCUT2D eigenvalue weighted by molar-refractivity contribution is 9.10. The molecule has 0 saturated heterocycles. The third-order valence-electron chi connectivity index (χ3n) is 1.89. The molecule has 1 heterocycles. The average Bonchev–Trinajstić information content (AvgIpc) is 2.19. The number of hydrogen-bond acceptors (Lipinski definition) is 6. The Morgan fingerprint density at radius 2 is 1.69 bits per heavy atom. The second-order valence-corrected chi connectivity index (χ2v) is 3.77. The van der Waals surface area contributed by atoms with Crippen LogP contribution in [-0.4, -0.2) is 25.1 Å². The fourth-order valence-electron chi connectivity index (χ4n) is 1.19. The van der Waals surface area contributed by atoms with Crippen molar-refractivity contribution in [2.24, 2.45) is 0 Å². The quantitative estimate of drug-likeness (QED) is 0.610. The Hall–Kier alpha value is -1.96. The summed E-state index contributed by atoms with van der Waals surface area (Å²) in [5, 5.41) is 28.9. The molecule has 2 rings (SSSR count). The first-order valence-corrected chi connectivity index (χ1v) is 4.82. The Labute approximate surface area is 96.7 Å². The van der Waals surface area contributed by atoms with Crippen LogP contribution >= 0.6 is 15.9 Å². The van der Waals surface area contributed by atoms with E-state index in [-0.39, 0.29) is 21.2 Å². The number of fused-ring (bicyclic) bond motifs is 1. The second kappa shape index (κ2) is 3.56. The predicted molar refractivity (Wildman–Crippen MR) is 57.2 cm³/mol. The third kappa shape index (κ3) is 1.63. The Balaban J connectivity index is 2.79. The molecule has 0 saturated carbocycles. The van der Waals surface area contributed by atoms with E-state index >= 15 is 0 Å². The first-order valence-electron chi connectivity index (χ1n) is 4.02. The van der Waals surface area contributed by atoms with Gasteiger partial charge in [-0.2, -0.15) is 0 Å². The summed E-state index contributed by atoms with van der Waals surface area (Å²) >= 11 is 3.01. The second-order valence-electron chi connectivity index (χ2n) is 2.92. The highest BCUT2D eigenvalue weighted by Gasteiger charge is 2.16. The molecule has 0 unspecified atom stereocenters. The number of halogens is 1. The minimum absolute atomic E-state index is 0.130. The molecular formula is C8H4BrN3O4. The van der Waals surface area contributed by atoms with Crippen LogP contribution in [0.2, 0.25) is 0 Å². The maximum atomic E-state index is 10.6. The molecule has 0 aliphatic rings. The molecule has 16 heavy (non-hydrogen) atoms. The number of nitrogens with zero attached hydrogens (tertiary/aromatic N) is 3. The van der Waals surface area contributed by atoms with Crippen molar-refractivity contribution in [3.63, 3.8) is 0 Å². The fourth-order valence-corrected chi connectivity index (χ4v) is 1.66. The summed E-state index contributed by atoms with van der Waals surface area (Å²) in [4.78, 5) is 17.2. The molecule has 0 atom stereocenters. The molecule has 7 nitrogen and oxygen atoms in total. The topological polar surface area (TPSA) is 109 Å². The Kier molecular flexibility index (Phi) is 2.35. The lowest BCUT2D eigenvalue weighted by molar-refractivity contribution is -0.385. The number of nitro benzene ring substituents is 1. The molecule has 0 spiro atoms. The molecule has 82 valence electrons. The van der Waals surface area contributed by atoms with Crippen molar-refractivity contribution in [1.29, 1.82) is 0 Å². The van der Waals surface area contributed by atoms with Crippen molar-refractivity contribution in [1.82, 2.24) is 9.97 Å². The Morgan fingerprint density at radius 3 is 2.19 bits per heavy atom. The van der Waals surface area contributed by atoms with Crippen molar-refractivity contribution in [2.75, 3.05) is 0 Å². The zero-order valence-corrected chi connectivity index (χ0v) is 9.17. The maximum Gasteiger partial charge on any atom is 0.285 e. The number of rotatable bonds is 1. The van der Waals surface area contributed by atoms with Gasteiger partial charge in [0.25, 0.3) is 17.4 Å². The zero-order valence-electron chi connectivity index (χ0n) is 7.59. The van der Waals surface area contributed by atoms with Gasteiger partial charge in [0.2, 0.25) is 0 Å². The molecule has 1 aromatic carbocycles. The first kappa shape index (κ1) is 10.6. The van der Waals surface area contributed by atoms with E-state index in [1.807, 2.05) is 0 Å². The summed E-state index contributed by atoms with van der Waals surface area (Å²) in [6.07, 6.45) is 0. The highest BCUT2D eigenvalue weighted by Crippen LogP contribution is 2.31. The third-order valence-corrected chi connectivity index (χ3v) is 2.53. The molecule has 2 aromatic rings. The summed E-state index contributed by atoms with van der Waals surface area (Å²) in [7, 11) is 0. The van der Waals surface area contributed by atoms with E-state index in [1.54, 1.807) is 0 Å². The largest absolute Gasteiger partial charge is 0.489 e. The molecule has 1 aromatic heterocycles. The number of hydrogen-bond donors (Lipinski definition) is 2. The minimum atomic E-state index is -0.663. The smallest absolute Gasteiger partial charge is 0.285 e. The number of benzene rings is 1. The van der Waals surface area contributed by atoms with Crippen LogP contribution in [0, 0.1) is 10.1 Å². The summed E-state index contributed by atoms with van der Waals surface area (Å²) in [6.45, 7) is 0. The molecule has 0 aliphatic carbocycles. The normalized spacial score (nSPS) is 10.6. The van der Waals surface area contributed by atoms with Crippen molar-refractivity contribution in [3.8, 4) is 11.8 Å². The van der Waals surface area contributed by atoms with Crippen LogP contribution in [0.5, 0.6) is 11.8 Å². The van der Waals surface area contributed by atoms with Crippen LogP contribution < -0.4 is 0 Å². The van der Waals surface area contributed by atoms with Crippen molar-refractivity contribution in [3.05, 3.63) is 26.7 Å². The van der Waals surface area contributed by atoms with Crippen LogP contribution in [0.3, 0.4) is 0 Å². The molecule has 0 fully saturated rings. The summed E-state index contributed by atoms with van der Waals surface area (Å²) in [5.74, 6) is -1.28. The molecular weight excluding hydrogens is 282 g/mol. The van der Waals surface area contributed by atoms with Gasteiger partial charge in [0.15, 0.2) is 0 Å². The average molecular weight is 286 g/mol. The van der Waals surface area contributed by atoms with Gasteiger partial charge in [-0.3, -0.25) is 10.1 Å². The minimum Gasteiger partial charge on any atom is -0.489 e. The molecule has 0 bridgehead atoms. The standard InChI is InChI=1S/C8H4BrN3O4/c9-3-1-4-5(2-6(3)12(15)16)11-8(14)7(13)10-4/h1-2H,(H,10,13)(H,11,14). The number of aromatic nitrogens is 2. The van der Waals surface area contributed by atoms with Crippen LogP contribution in [0.15, 0.2) is 16.6 Å². The Bertz CT molecular complexity index is 601. The van der Waals surface area contributed by atoms with Gasteiger partial charge in [-0.15, -0.1) is 0 Å². The number of aromatic hydroxyl groups is 2. The van der Waals surface area contributed by atoms with Gasteiger partial charge >= 0.3 is 0 Å². The Morgan fingerprint density at radius 1 is 1.19 bits per heavy atom. The molecule has 0 aliphatic heterocycles. The van der Waals surface area contributed by atoms with Gasteiger partial charge in [0.05, 0.1) is 20.4 Å². The van der Waals surface area contributed by atoms with Gasteiger partial charge in [-0.25, -0.2) is 9.97 Å². The van der Waals surface area contributed by atoms with Gasteiger partial charge in [-0.1, -0.05) is 0 Å². The molecule has 2 N–H and O–H groups in total. The first-order chi connectivity index (χ1) is 7.49. The van der Waals surface area contributed by atoms with Crippen LogP contribution in [0.25, 0.3) is 11.0 Å². The number of nitro groups is 1. The lowest BCUT2D eigenvalue weighted by Gasteiger charge is -2.01. The lowest BCUT2D eigenvalue weighted by Crippen LogP contribution is -1.92. The monoisotopic (exact) mass is 285 g/mol. The molecule has 0 radical (unpaired) electrons. The van der Waals surface area contributed by atoms with Gasteiger partial charge in [0.1, 0.15) is 0 Å². The van der Waals surface area contributed by atoms with E-state index in [0.29, 0.717) is 0 Å². The van der Waals surface area contributed by atoms with Crippen LogP contribution in [0.1, 0.15) is 0 Å². The van der Waals surface area contributed by atoms with E-state index in [1.165, 1.54) is 6.07 Å². The van der Waals surface area contributed by atoms with Crippen LogP contribution in [-0.2, 0) is 0 Å². The summed E-state index contributed by atoms with van der Waals surface area (Å²) in [5.41, 5.74) is 0.185. The van der Waals surface area contributed by atoms with E-state index < -0.39 is 16.7 Å². The molecule has 8 heteroatoms. The SMILES string of the molecule is O=[N+]([O-])c1cc2nc(O)c(O)nc2cc1Br. The summed E-state index contributed by atoms with van der Waals surface area (Å²) < 4.78 is 0.226. The fraction of sp³-hybridized carbons (Fsp3) is 0. The van der Waals surface area contributed by atoms with Crippen molar-refractivity contribution < 1.29 is 15.1 Å². The molecule has 0 amide bonds. The maximum absolute atomic E-state index is 10.6. The van der Waals surface area contributed by atoms with Gasteiger partial charge < -0.3 is 10.2 Å². The van der Waals surface area contributed by atoms with Crippen LogP contribution in [0.4, 0.5) is 5.69 Å². The van der Waals surface area contributed by atoms with Gasteiger partial charge in [0, 0.05) is 6.07 Å². The lowest BCUT2D eigenvalue weighted by atomic mass is 10.2. The summed E-state index contributed by atoms with van der Waals surface area (Å²) in [6, 6.07) is 2.51. The zero-order chi connectivity index (χ0) is 11.9. The van der Waals surface area contributed by atoms with E-state index in [9.17, 15) is 10.1 Å². The van der Waals surface area contributed by atoms with Crippen molar-refractivity contribution >= 4 is 32.7 Å². The highest BCUT2D eigenvalue weighted by atomic mass is 79.9. The van der Waals surface area contributed by atoms with E-state index in [4.69, 9.17) is 10.2 Å².